The van der Waals surface area contributed by atoms with Crippen LogP contribution in [0.4, 0.5) is 0 Å². The normalized spacial score (nSPS) is 16.0. The average molecular weight is 440 g/mol. The zero-order chi connectivity index (χ0) is 18.6. The van der Waals surface area contributed by atoms with E-state index in [0.29, 0.717) is 44.5 Å². The third kappa shape index (κ3) is 4.76. The number of nitrogens with zero attached hydrogens (tertiary/aromatic N) is 1. The van der Waals surface area contributed by atoms with E-state index in [1.807, 2.05) is 24.3 Å². The Morgan fingerprint density at radius 3 is 2.54 bits per heavy atom. The molecule has 1 aliphatic heterocycles. The smallest absolute Gasteiger partial charge is 0.222 e. The lowest BCUT2D eigenvalue weighted by atomic mass is 10.1. The third-order valence-corrected chi connectivity index (χ3v) is 7.74. The number of carbonyl (C=O) groups excluding carboxylic acids is 1. The number of sulfone groups is 1. The second-order valence-electron chi connectivity index (χ2n) is 6.56. The maximum atomic E-state index is 12.5. The quantitative estimate of drug-likeness (QED) is 0.689. The van der Waals surface area contributed by atoms with Crippen molar-refractivity contribution in [1.29, 1.82) is 0 Å². The predicted octanol–water partition coefficient (Wildman–Crippen LogP) is 3.58. The number of carbonyl (C=O) groups is 1. The number of aryl methyl sites for hydroxylation is 1. The summed E-state index contributed by atoms with van der Waals surface area (Å²) in [6.45, 7) is 0.994. The molecule has 0 aliphatic carbocycles. The van der Waals surface area contributed by atoms with Crippen molar-refractivity contribution in [3.63, 3.8) is 0 Å². The lowest BCUT2D eigenvalue weighted by Crippen LogP contribution is -2.42. The molecule has 0 spiro atoms. The molecule has 2 aromatic rings. The van der Waals surface area contributed by atoms with Crippen LogP contribution >= 0.6 is 15.9 Å². The monoisotopic (exact) mass is 439 g/mol. The SMILES string of the molecule is O=C(CCc1ccccc1Br)N1CCC(S(=O)(=O)Cc2ccco2)CC1. The number of hydrogen-bond donors (Lipinski definition) is 0. The number of halogens is 1. The highest BCUT2D eigenvalue weighted by Crippen LogP contribution is 2.23. The maximum absolute atomic E-state index is 12.5. The summed E-state index contributed by atoms with van der Waals surface area (Å²) in [7, 11) is -3.25. The van der Waals surface area contributed by atoms with Crippen LogP contribution in [0.5, 0.6) is 0 Å². The molecule has 140 valence electrons. The minimum Gasteiger partial charge on any atom is -0.468 e. The lowest BCUT2D eigenvalue weighted by molar-refractivity contribution is -0.132. The van der Waals surface area contributed by atoms with Gasteiger partial charge in [0.2, 0.25) is 5.91 Å². The fourth-order valence-electron chi connectivity index (χ4n) is 3.28. The van der Waals surface area contributed by atoms with E-state index < -0.39 is 15.1 Å². The van der Waals surface area contributed by atoms with Crippen LogP contribution in [-0.2, 0) is 26.8 Å². The Morgan fingerprint density at radius 1 is 1.15 bits per heavy atom. The van der Waals surface area contributed by atoms with E-state index in [-0.39, 0.29) is 11.7 Å². The molecule has 1 aliphatic rings. The van der Waals surface area contributed by atoms with E-state index in [9.17, 15) is 13.2 Å². The summed E-state index contributed by atoms with van der Waals surface area (Å²) in [5.74, 6) is 0.486. The molecule has 0 saturated carbocycles. The number of piperidine rings is 1. The van der Waals surface area contributed by atoms with Gasteiger partial charge in [0, 0.05) is 24.0 Å². The van der Waals surface area contributed by atoms with E-state index in [0.717, 1.165) is 10.0 Å². The molecule has 1 aromatic heterocycles. The van der Waals surface area contributed by atoms with Gasteiger partial charge in [-0.2, -0.15) is 0 Å². The number of hydrogen-bond acceptors (Lipinski definition) is 4. The van der Waals surface area contributed by atoms with E-state index in [1.54, 1.807) is 17.0 Å². The van der Waals surface area contributed by atoms with Crippen LogP contribution < -0.4 is 0 Å². The highest BCUT2D eigenvalue weighted by molar-refractivity contribution is 9.10. The van der Waals surface area contributed by atoms with Crippen LogP contribution in [0.1, 0.15) is 30.6 Å². The second-order valence-corrected chi connectivity index (χ2v) is 9.69. The van der Waals surface area contributed by atoms with Crippen LogP contribution in [0.25, 0.3) is 0 Å². The Kier molecular flexibility index (Phi) is 6.19. The molecular formula is C19H22BrNO4S. The fourth-order valence-corrected chi connectivity index (χ4v) is 5.48. The lowest BCUT2D eigenvalue weighted by Gasteiger charge is -2.31. The number of likely N-dealkylation sites (tertiary alicyclic amines) is 1. The molecule has 2 heterocycles. The predicted molar refractivity (Wildman–Crippen MR) is 103 cm³/mol. The molecule has 3 rings (SSSR count). The Hall–Kier alpha value is -1.60. The summed E-state index contributed by atoms with van der Waals surface area (Å²) >= 11 is 3.50. The van der Waals surface area contributed by atoms with Gasteiger partial charge in [0.25, 0.3) is 0 Å². The van der Waals surface area contributed by atoms with Crippen molar-refractivity contribution in [3.05, 3.63) is 58.5 Å². The molecule has 1 amide bonds. The van der Waals surface area contributed by atoms with Crippen LogP contribution in [0.2, 0.25) is 0 Å². The fraction of sp³-hybridized carbons (Fsp3) is 0.421. The van der Waals surface area contributed by atoms with Crippen molar-refractivity contribution in [2.45, 2.75) is 36.7 Å². The molecular weight excluding hydrogens is 418 g/mol. The molecule has 0 atom stereocenters. The highest BCUT2D eigenvalue weighted by atomic mass is 79.9. The molecule has 1 saturated heterocycles. The van der Waals surface area contributed by atoms with Crippen molar-refractivity contribution in [2.75, 3.05) is 13.1 Å². The summed E-state index contributed by atoms with van der Waals surface area (Å²) in [6, 6.07) is 11.2. The topological polar surface area (TPSA) is 67.6 Å². The summed E-state index contributed by atoms with van der Waals surface area (Å²) in [5, 5.41) is -0.403. The first-order valence-corrected chi connectivity index (χ1v) is 11.2. The molecule has 0 N–H and O–H groups in total. The van der Waals surface area contributed by atoms with E-state index in [2.05, 4.69) is 15.9 Å². The molecule has 7 heteroatoms. The first-order chi connectivity index (χ1) is 12.5. The van der Waals surface area contributed by atoms with Gasteiger partial charge in [0.05, 0.1) is 11.5 Å². The summed E-state index contributed by atoms with van der Waals surface area (Å²) in [4.78, 5) is 14.2. The number of furan rings is 1. The molecule has 0 bridgehead atoms. The van der Waals surface area contributed by atoms with Crippen molar-refractivity contribution < 1.29 is 17.6 Å². The van der Waals surface area contributed by atoms with Gasteiger partial charge in [-0.3, -0.25) is 4.79 Å². The van der Waals surface area contributed by atoms with Gasteiger partial charge >= 0.3 is 0 Å². The van der Waals surface area contributed by atoms with Gasteiger partial charge < -0.3 is 9.32 Å². The maximum Gasteiger partial charge on any atom is 0.222 e. The third-order valence-electron chi connectivity index (χ3n) is 4.79. The van der Waals surface area contributed by atoms with E-state index in [1.165, 1.54) is 6.26 Å². The van der Waals surface area contributed by atoms with Crippen LogP contribution in [-0.4, -0.2) is 37.6 Å². The van der Waals surface area contributed by atoms with E-state index >= 15 is 0 Å². The first kappa shape index (κ1) is 19.2. The van der Waals surface area contributed by atoms with Crippen LogP contribution in [0, 0.1) is 0 Å². The van der Waals surface area contributed by atoms with Crippen molar-refractivity contribution in [1.82, 2.24) is 4.90 Å². The minimum absolute atomic E-state index is 0.0688. The Labute approximate surface area is 162 Å². The number of amides is 1. The molecule has 1 aromatic carbocycles. The van der Waals surface area contributed by atoms with Crippen molar-refractivity contribution in [3.8, 4) is 0 Å². The Balaban J connectivity index is 1.50. The summed E-state index contributed by atoms with van der Waals surface area (Å²) in [6.07, 6.45) is 3.58. The summed E-state index contributed by atoms with van der Waals surface area (Å²) < 4.78 is 31.2. The van der Waals surface area contributed by atoms with Crippen molar-refractivity contribution in [2.24, 2.45) is 0 Å². The molecule has 1 fully saturated rings. The van der Waals surface area contributed by atoms with Crippen LogP contribution in [0.3, 0.4) is 0 Å². The Bertz CT molecular complexity index is 840. The molecule has 0 radical (unpaired) electrons. The van der Waals surface area contributed by atoms with Gasteiger partial charge in [-0.05, 0) is 43.0 Å². The van der Waals surface area contributed by atoms with Gasteiger partial charge in [-0.1, -0.05) is 34.1 Å². The van der Waals surface area contributed by atoms with Gasteiger partial charge in [0.15, 0.2) is 9.84 Å². The Morgan fingerprint density at radius 2 is 1.88 bits per heavy atom. The second kappa shape index (κ2) is 8.39. The highest BCUT2D eigenvalue weighted by Gasteiger charge is 2.32. The largest absolute Gasteiger partial charge is 0.468 e. The number of rotatable bonds is 6. The van der Waals surface area contributed by atoms with Crippen LogP contribution in [0.15, 0.2) is 51.6 Å². The molecule has 0 unspecified atom stereocenters. The standard InChI is InChI=1S/C19H22BrNO4S/c20-18-6-2-1-4-15(18)7-8-19(22)21-11-9-17(10-12-21)26(23,24)14-16-5-3-13-25-16/h1-6,13,17H,7-12,14H2. The summed E-state index contributed by atoms with van der Waals surface area (Å²) in [5.41, 5.74) is 1.11. The molecule has 26 heavy (non-hydrogen) atoms. The molecule has 5 nitrogen and oxygen atoms in total. The average Bonchev–Trinajstić information content (AvgIpc) is 3.13. The van der Waals surface area contributed by atoms with E-state index in [4.69, 9.17) is 4.42 Å². The zero-order valence-corrected chi connectivity index (χ0v) is 16.8. The minimum atomic E-state index is -3.25. The number of benzene rings is 1. The first-order valence-electron chi connectivity index (χ1n) is 8.71. The van der Waals surface area contributed by atoms with Gasteiger partial charge in [-0.25, -0.2) is 8.42 Å². The zero-order valence-electron chi connectivity index (χ0n) is 14.4. The van der Waals surface area contributed by atoms with Crippen molar-refractivity contribution >= 4 is 31.7 Å². The van der Waals surface area contributed by atoms with Gasteiger partial charge in [-0.15, -0.1) is 0 Å². The van der Waals surface area contributed by atoms with Gasteiger partial charge in [0.1, 0.15) is 11.5 Å².